The van der Waals surface area contributed by atoms with Crippen molar-refractivity contribution in [3.63, 3.8) is 0 Å². The molecule has 0 spiro atoms. The van der Waals surface area contributed by atoms with Crippen molar-refractivity contribution in [3.05, 3.63) is 0 Å². The second kappa shape index (κ2) is 5.34. The Morgan fingerprint density at radius 2 is 1.07 bits per heavy atom. The van der Waals surface area contributed by atoms with E-state index in [4.69, 9.17) is 4.74 Å². The Balaban J connectivity index is 4.56. The van der Waals surface area contributed by atoms with Crippen molar-refractivity contribution >= 4 is 0 Å². The molecule has 0 saturated carbocycles. The van der Waals surface area contributed by atoms with Crippen molar-refractivity contribution in [3.8, 4) is 0 Å². The van der Waals surface area contributed by atoms with Crippen LogP contribution in [0.2, 0.25) is 0 Å². The third-order valence-electron chi connectivity index (χ3n) is 4.12. The van der Waals surface area contributed by atoms with E-state index in [1.54, 1.807) is 0 Å². The van der Waals surface area contributed by atoms with Crippen molar-refractivity contribution in [2.75, 3.05) is 0 Å². The van der Waals surface area contributed by atoms with E-state index in [0.717, 1.165) is 0 Å². The highest BCUT2D eigenvalue weighted by Crippen LogP contribution is 2.33. The van der Waals surface area contributed by atoms with Crippen LogP contribution in [0.5, 0.6) is 0 Å². The molecule has 0 bridgehead atoms. The second-order valence-electron chi connectivity index (χ2n) is 5.93. The fourth-order valence-corrected chi connectivity index (χ4v) is 1.86. The fraction of sp³-hybridized carbons (Fsp3) is 1.00. The van der Waals surface area contributed by atoms with Gasteiger partial charge in [0.25, 0.3) is 0 Å². The molecule has 0 N–H and O–H groups in total. The lowest BCUT2D eigenvalue weighted by Gasteiger charge is -2.42. The molecule has 2 unspecified atom stereocenters. The maximum atomic E-state index is 6.33. The lowest BCUT2D eigenvalue weighted by atomic mass is 9.85. The summed E-state index contributed by atoms with van der Waals surface area (Å²) < 4.78 is 6.33. The van der Waals surface area contributed by atoms with E-state index < -0.39 is 0 Å². The molecule has 92 valence electrons. The minimum atomic E-state index is -0.0261. The standard InChI is InChI=1S/C14H30O/c1-9-11(3)13(5,6)15-14(7,8)12(4)10-2/h11-12H,9-10H2,1-8H3. The van der Waals surface area contributed by atoms with Crippen LogP contribution < -0.4 is 0 Å². The van der Waals surface area contributed by atoms with E-state index in [1.807, 2.05) is 0 Å². The average molecular weight is 214 g/mol. The molecule has 15 heavy (non-hydrogen) atoms. The molecule has 0 aliphatic rings. The zero-order valence-electron chi connectivity index (χ0n) is 12.0. The summed E-state index contributed by atoms with van der Waals surface area (Å²) in [6.07, 6.45) is 2.34. The predicted octanol–water partition coefficient (Wildman–Crippen LogP) is 4.65. The summed E-state index contributed by atoms with van der Waals surface area (Å²) >= 11 is 0. The first-order valence-electron chi connectivity index (χ1n) is 6.37. The van der Waals surface area contributed by atoms with Gasteiger partial charge in [-0.1, -0.05) is 40.5 Å². The van der Waals surface area contributed by atoms with Crippen LogP contribution in [0.3, 0.4) is 0 Å². The van der Waals surface area contributed by atoms with Gasteiger partial charge in [-0.15, -0.1) is 0 Å². The molecule has 2 atom stereocenters. The molecule has 0 aromatic carbocycles. The molecule has 0 amide bonds. The first-order chi connectivity index (χ1) is 6.67. The van der Waals surface area contributed by atoms with Gasteiger partial charge in [0.1, 0.15) is 0 Å². The van der Waals surface area contributed by atoms with Crippen LogP contribution in [0.4, 0.5) is 0 Å². The molecule has 0 rings (SSSR count). The van der Waals surface area contributed by atoms with Crippen molar-refractivity contribution in [1.82, 2.24) is 0 Å². The van der Waals surface area contributed by atoms with Crippen LogP contribution in [-0.4, -0.2) is 11.2 Å². The van der Waals surface area contributed by atoms with Gasteiger partial charge in [0, 0.05) is 0 Å². The van der Waals surface area contributed by atoms with Gasteiger partial charge in [-0.3, -0.25) is 0 Å². The highest BCUT2D eigenvalue weighted by atomic mass is 16.5. The average Bonchev–Trinajstić information content (AvgIpc) is 2.13. The Morgan fingerprint density at radius 1 is 0.800 bits per heavy atom. The molecular weight excluding hydrogens is 184 g/mol. The highest BCUT2D eigenvalue weighted by Gasteiger charge is 2.35. The summed E-state index contributed by atoms with van der Waals surface area (Å²) in [6, 6.07) is 0. The van der Waals surface area contributed by atoms with Crippen molar-refractivity contribution in [2.24, 2.45) is 11.8 Å². The van der Waals surface area contributed by atoms with E-state index in [2.05, 4.69) is 55.4 Å². The number of rotatable bonds is 6. The Bertz CT molecular complexity index is 162. The molecule has 0 aliphatic heterocycles. The van der Waals surface area contributed by atoms with Gasteiger partial charge in [0.2, 0.25) is 0 Å². The Labute approximate surface area is 96.6 Å². The van der Waals surface area contributed by atoms with Crippen LogP contribution >= 0.6 is 0 Å². The largest absolute Gasteiger partial charge is 0.369 e. The summed E-state index contributed by atoms with van der Waals surface area (Å²) in [5.41, 5.74) is -0.0522. The zero-order valence-corrected chi connectivity index (χ0v) is 12.0. The highest BCUT2D eigenvalue weighted by molar-refractivity contribution is 4.83. The molecule has 0 aliphatic carbocycles. The van der Waals surface area contributed by atoms with Gasteiger partial charge < -0.3 is 4.74 Å². The molecular formula is C14H30O. The van der Waals surface area contributed by atoms with Gasteiger partial charge >= 0.3 is 0 Å². The normalized spacial score (nSPS) is 17.6. The smallest absolute Gasteiger partial charge is 0.0659 e. The van der Waals surface area contributed by atoms with Crippen LogP contribution in [0.1, 0.15) is 68.2 Å². The van der Waals surface area contributed by atoms with Gasteiger partial charge in [0.15, 0.2) is 0 Å². The Morgan fingerprint density at radius 3 is 1.27 bits per heavy atom. The summed E-state index contributed by atoms with van der Waals surface area (Å²) in [7, 11) is 0. The summed E-state index contributed by atoms with van der Waals surface area (Å²) in [5, 5.41) is 0. The summed E-state index contributed by atoms with van der Waals surface area (Å²) in [4.78, 5) is 0. The fourth-order valence-electron chi connectivity index (χ4n) is 1.86. The maximum Gasteiger partial charge on any atom is 0.0659 e. The molecule has 0 radical (unpaired) electrons. The van der Waals surface area contributed by atoms with Crippen molar-refractivity contribution in [1.29, 1.82) is 0 Å². The first-order valence-corrected chi connectivity index (χ1v) is 6.37. The molecule has 0 saturated heterocycles. The Hall–Kier alpha value is -0.0400. The predicted molar refractivity (Wildman–Crippen MR) is 68.2 cm³/mol. The van der Waals surface area contributed by atoms with E-state index in [9.17, 15) is 0 Å². The molecule has 0 aromatic rings. The first kappa shape index (κ1) is 15.0. The summed E-state index contributed by atoms with van der Waals surface area (Å²) in [6.45, 7) is 17.9. The van der Waals surface area contributed by atoms with Crippen molar-refractivity contribution < 1.29 is 4.74 Å². The minimum absolute atomic E-state index is 0.0261. The number of hydrogen-bond donors (Lipinski definition) is 0. The quantitative estimate of drug-likeness (QED) is 0.625. The third-order valence-corrected chi connectivity index (χ3v) is 4.12. The third kappa shape index (κ3) is 4.14. The Kier molecular flexibility index (Phi) is 5.32. The topological polar surface area (TPSA) is 9.23 Å². The van der Waals surface area contributed by atoms with Gasteiger partial charge in [-0.05, 0) is 39.5 Å². The minimum Gasteiger partial charge on any atom is -0.369 e. The van der Waals surface area contributed by atoms with Crippen LogP contribution in [0.25, 0.3) is 0 Å². The van der Waals surface area contributed by atoms with Crippen LogP contribution in [0.15, 0.2) is 0 Å². The van der Waals surface area contributed by atoms with Gasteiger partial charge in [-0.2, -0.15) is 0 Å². The molecule has 0 aromatic heterocycles. The van der Waals surface area contributed by atoms with E-state index in [1.165, 1.54) is 12.8 Å². The van der Waals surface area contributed by atoms with Gasteiger partial charge in [0.05, 0.1) is 11.2 Å². The monoisotopic (exact) mass is 214 g/mol. The van der Waals surface area contributed by atoms with Crippen LogP contribution in [-0.2, 0) is 4.74 Å². The SMILES string of the molecule is CCC(C)C(C)(C)OC(C)(C)C(C)CC. The second-order valence-corrected chi connectivity index (χ2v) is 5.93. The van der Waals surface area contributed by atoms with Crippen LogP contribution in [0, 0.1) is 11.8 Å². The zero-order chi connectivity index (χ0) is 12.3. The number of ether oxygens (including phenoxy) is 1. The molecule has 1 nitrogen and oxygen atoms in total. The van der Waals surface area contributed by atoms with Gasteiger partial charge in [-0.25, -0.2) is 0 Å². The maximum absolute atomic E-state index is 6.33. The number of hydrogen-bond acceptors (Lipinski definition) is 1. The molecule has 0 fully saturated rings. The lowest BCUT2D eigenvalue weighted by molar-refractivity contribution is -0.168. The van der Waals surface area contributed by atoms with E-state index >= 15 is 0 Å². The summed E-state index contributed by atoms with van der Waals surface area (Å²) in [5.74, 6) is 1.20. The molecule has 1 heteroatoms. The van der Waals surface area contributed by atoms with E-state index in [0.29, 0.717) is 11.8 Å². The molecule has 0 heterocycles. The van der Waals surface area contributed by atoms with Crippen molar-refractivity contribution in [2.45, 2.75) is 79.4 Å². The lowest BCUT2D eigenvalue weighted by Crippen LogP contribution is -2.44. The van der Waals surface area contributed by atoms with E-state index in [-0.39, 0.29) is 11.2 Å².